The summed E-state index contributed by atoms with van der Waals surface area (Å²) in [6, 6.07) is 19.4. The number of allylic oxidation sites excluding steroid dienone is 2. The molecule has 3 nitrogen and oxygen atoms in total. The van der Waals surface area contributed by atoms with Gasteiger partial charge in [0.05, 0.1) is 11.9 Å². The number of para-hydroxylation sites is 1. The molecule has 1 amide bonds. The lowest BCUT2D eigenvalue weighted by Gasteiger charge is -2.11. The van der Waals surface area contributed by atoms with E-state index in [2.05, 4.69) is 17.2 Å². The van der Waals surface area contributed by atoms with Crippen LogP contribution >= 0.6 is 23.4 Å². The number of thioether (sulfide) groups is 1. The van der Waals surface area contributed by atoms with Crippen molar-refractivity contribution in [2.75, 3.05) is 5.01 Å². The lowest BCUT2D eigenvalue weighted by atomic mass is 10.2. The standard InChI is InChI=1S/C18H17ClN2OS/c1-15(19)18(23-13-16-8-4-2-5-9-16)12-20-21(14-22)17-10-6-3-7-11-17/h2-12,14H,13H2,1H3/b18-15-,20-12-. The van der Waals surface area contributed by atoms with E-state index in [1.54, 1.807) is 18.0 Å². The minimum absolute atomic E-state index is 0.647. The van der Waals surface area contributed by atoms with Gasteiger partial charge in [0.2, 0.25) is 6.41 Å². The third kappa shape index (κ3) is 5.58. The summed E-state index contributed by atoms with van der Waals surface area (Å²) in [5, 5.41) is 6.15. The Bertz CT molecular complexity index is 683. The summed E-state index contributed by atoms with van der Waals surface area (Å²) in [6.45, 7) is 1.81. The van der Waals surface area contributed by atoms with E-state index in [0.717, 1.165) is 10.7 Å². The highest BCUT2D eigenvalue weighted by molar-refractivity contribution is 8.03. The van der Waals surface area contributed by atoms with Crippen LogP contribution in [-0.2, 0) is 10.5 Å². The van der Waals surface area contributed by atoms with Crippen LogP contribution in [0.3, 0.4) is 0 Å². The molecule has 0 aliphatic carbocycles. The predicted molar refractivity (Wildman–Crippen MR) is 99.8 cm³/mol. The molecule has 2 aromatic carbocycles. The Morgan fingerprint density at radius 1 is 1.13 bits per heavy atom. The molecule has 0 saturated heterocycles. The second-order valence-electron chi connectivity index (χ2n) is 4.70. The monoisotopic (exact) mass is 344 g/mol. The van der Waals surface area contributed by atoms with E-state index >= 15 is 0 Å². The van der Waals surface area contributed by atoms with E-state index in [0.29, 0.717) is 17.1 Å². The first kappa shape index (κ1) is 17.3. The van der Waals surface area contributed by atoms with Crippen molar-refractivity contribution >= 4 is 41.7 Å². The minimum Gasteiger partial charge on any atom is -0.276 e. The van der Waals surface area contributed by atoms with Gasteiger partial charge in [-0.05, 0) is 24.6 Å². The molecule has 0 aliphatic heterocycles. The molecule has 0 unspecified atom stereocenters. The molecule has 0 N–H and O–H groups in total. The van der Waals surface area contributed by atoms with Crippen molar-refractivity contribution in [3.63, 3.8) is 0 Å². The van der Waals surface area contributed by atoms with Gasteiger partial charge in [-0.15, -0.1) is 11.8 Å². The molecule has 2 rings (SSSR count). The molecule has 0 radical (unpaired) electrons. The maximum atomic E-state index is 11.2. The maximum absolute atomic E-state index is 11.2. The molecule has 0 spiro atoms. The number of anilines is 1. The average molecular weight is 345 g/mol. The summed E-state index contributed by atoms with van der Waals surface area (Å²) in [6.07, 6.45) is 2.30. The van der Waals surface area contributed by atoms with Crippen LogP contribution in [0.2, 0.25) is 0 Å². The Kier molecular flexibility index (Phi) is 6.91. The Labute approximate surface area is 145 Å². The van der Waals surface area contributed by atoms with Crippen LogP contribution < -0.4 is 5.01 Å². The third-order valence-electron chi connectivity index (χ3n) is 3.00. The van der Waals surface area contributed by atoms with Crippen LogP contribution in [0.15, 0.2) is 75.7 Å². The number of benzene rings is 2. The Morgan fingerprint density at radius 2 is 1.74 bits per heavy atom. The van der Waals surface area contributed by atoms with Gasteiger partial charge < -0.3 is 0 Å². The summed E-state index contributed by atoms with van der Waals surface area (Å²) >= 11 is 7.73. The number of amides is 1. The van der Waals surface area contributed by atoms with Crippen LogP contribution in [0.1, 0.15) is 12.5 Å². The molecule has 0 fully saturated rings. The first-order chi connectivity index (χ1) is 11.2. The number of hydrogen-bond acceptors (Lipinski definition) is 3. The van der Waals surface area contributed by atoms with Crippen molar-refractivity contribution in [3.8, 4) is 0 Å². The molecule has 0 aromatic heterocycles. The van der Waals surface area contributed by atoms with E-state index in [4.69, 9.17) is 11.6 Å². The number of hydrazone groups is 1. The van der Waals surface area contributed by atoms with Gasteiger partial charge in [-0.25, -0.2) is 5.01 Å². The highest BCUT2D eigenvalue weighted by atomic mass is 35.5. The van der Waals surface area contributed by atoms with E-state index < -0.39 is 0 Å². The lowest BCUT2D eigenvalue weighted by molar-refractivity contribution is -0.107. The van der Waals surface area contributed by atoms with Gasteiger partial charge in [-0.2, -0.15) is 5.10 Å². The second-order valence-corrected chi connectivity index (χ2v) is 6.29. The summed E-state index contributed by atoms with van der Waals surface area (Å²) in [5.74, 6) is 0.790. The molecule has 0 bridgehead atoms. The lowest BCUT2D eigenvalue weighted by Crippen LogP contribution is -2.13. The van der Waals surface area contributed by atoms with Crippen LogP contribution in [0.4, 0.5) is 5.69 Å². The summed E-state index contributed by atoms with van der Waals surface area (Å²) in [5.41, 5.74) is 1.91. The first-order valence-electron chi connectivity index (χ1n) is 7.07. The Hall–Kier alpha value is -2.04. The number of rotatable bonds is 7. The van der Waals surface area contributed by atoms with Crippen LogP contribution in [0, 0.1) is 0 Å². The largest absolute Gasteiger partial charge is 0.276 e. The SMILES string of the molecule is C/C(Cl)=C(\C=N/N(C=O)c1ccccc1)SCc1ccccc1. The molecule has 0 saturated carbocycles. The van der Waals surface area contributed by atoms with Gasteiger partial charge in [0.1, 0.15) is 0 Å². The van der Waals surface area contributed by atoms with Gasteiger partial charge in [-0.1, -0.05) is 60.1 Å². The topological polar surface area (TPSA) is 32.7 Å². The van der Waals surface area contributed by atoms with E-state index in [-0.39, 0.29) is 0 Å². The van der Waals surface area contributed by atoms with E-state index in [9.17, 15) is 4.79 Å². The smallest absolute Gasteiger partial charge is 0.234 e. The van der Waals surface area contributed by atoms with Crippen LogP contribution in [0.25, 0.3) is 0 Å². The average Bonchev–Trinajstić information content (AvgIpc) is 2.59. The van der Waals surface area contributed by atoms with E-state index in [1.807, 2.05) is 55.5 Å². The van der Waals surface area contributed by atoms with Crippen molar-refractivity contribution in [3.05, 3.63) is 76.2 Å². The van der Waals surface area contributed by atoms with Crippen LogP contribution in [-0.4, -0.2) is 12.6 Å². The van der Waals surface area contributed by atoms with Crippen molar-refractivity contribution in [1.29, 1.82) is 0 Å². The van der Waals surface area contributed by atoms with E-state index in [1.165, 1.54) is 10.6 Å². The fourth-order valence-electron chi connectivity index (χ4n) is 1.81. The fraction of sp³-hybridized carbons (Fsp3) is 0.111. The number of carbonyl (C=O) groups excluding carboxylic acids is 1. The molecular weight excluding hydrogens is 328 g/mol. The Morgan fingerprint density at radius 3 is 2.30 bits per heavy atom. The zero-order valence-corrected chi connectivity index (χ0v) is 14.3. The summed E-state index contributed by atoms with van der Waals surface area (Å²) in [4.78, 5) is 12.1. The number of halogens is 1. The predicted octanol–water partition coefficient (Wildman–Crippen LogP) is 5.04. The minimum atomic E-state index is 0.647. The molecule has 0 heterocycles. The zero-order chi connectivity index (χ0) is 16.5. The molecule has 2 aromatic rings. The molecular formula is C18H17ClN2OS. The van der Waals surface area contributed by atoms with Crippen LogP contribution in [0.5, 0.6) is 0 Å². The van der Waals surface area contributed by atoms with Crippen molar-refractivity contribution < 1.29 is 4.79 Å². The van der Waals surface area contributed by atoms with Gasteiger partial charge in [0.15, 0.2) is 0 Å². The molecule has 118 valence electrons. The molecule has 0 atom stereocenters. The number of carbonyl (C=O) groups is 1. The van der Waals surface area contributed by atoms with Crippen molar-refractivity contribution in [2.24, 2.45) is 5.10 Å². The number of hydrogen-bond donors (Lipinski definition) is 0. The van der Waals surface area contributed by atoms with Crippen molar-refractivity contribution in [2.45, 2.75) is 12.7 Å². The normalized spacial score (nSPS) is 12.1. The maximum Gasteiger partial charge on any atom is 0.234 e. The van der Waals surface area contributed by atoms with Gasteiger partial charge in [0, 0.05) is 15.7 Å². The summed E-state index contributed by atoms with van der Waals surface area (Å²) < 4.78 is 0. The second kappa shape index (κ2) is 9.18. The molecule has 5 heteroatoms. The fourth-order valence-corrected chi connectivity index (χ4v) is 2.86. The van der Waals surface area contributed by atoms with Gasteiger partial charge >= 0.3 is 0 Å². The third-order valence-corrected chi connectivity index (χ3v) is 4.51. The number of nitrogens with zero attached hydrogens (tertiary/aromatic N) is 2. The summed E-state index contributed by atoms with van der Waals surface area (Å²) in [7, 11) is 0. The highest BCUT2D eigenvalue weighted by Gasteiger charge is 2.04. The molecule has 23 heavy (non-hydrogen) atoms. The Balaban J connectivity index is 2.07. The zero-order valence-electron chi connectivity index (χ0n) is 12.7. The highest BCUT2D eigenvalue weighted by Crippen LogP contribution is 2.25. The van der Waals surface area contributed by atoms with Gasteiger partial charge in [0.25, 0.3) is 0 Å². The van der Waals surface area contributed by atoms with Gasteiger partial charge in [-0.3, -0.25) is 4.79 Å². The quantitative estimate of drug-likeness (QED) is 0.400. The van der Waals surface area contributed by atoms with Crippen molar-refractivity contribution in [1.82, 2.24) is 0 Å². The first-order valence-corrected chi connectivity index (χ1v) is 8.43. The molecule has 0 aliphatic rings.